The lowest BCUT2D eigenvalue weighted by Crippen LogP contribution is -2.24. The van der Waals surface area contributed by atoms with E-state index in [2.05, 4.69) is 25.4 Å². The number of esters is 1. The van der Waals surface area contributed by atoms with Crippen LogP contribution in [0.25, 0.3) is 5.69 Å². The highest BCUT2D eigenvalue weighted by molar-refractivity contribution is 6.41. The number of halogens is 2. The standard InChI is InChI=1S/C21H15Cl2N7O3/c22-14-10-25-30(18(31)17(14)23)15-9-5-4-8-13(15)19(32)33-11-16-27-20(24)29-21(28-16)26-12-6-2-1-3-7-12/h1-10H,11H2,(H3,24,26,27,28,29). The van der Waals surface area contributed by atoms with E-state index in [9.17, 15) is 9.59 Å². The summed E-state index contributed by atoms with van der Waals surface area (Å²) < 4.78 is 6.32. The molecule has 10 nitrogen and oxygen atoms in total. The minimum absolute atomic E-state index is 0.00492. The van der Waals surface area contributed by atoms with Crippen LogP contribution in [0.5, 0.6) is 0 Å². The fourth-order valence-corrected chi connectivity index (χ4v) is 3.09. The summed E-state index contributed by atoms with van der Waals surface area (Å²) in [6.07, 6.45) is 1.21. The maximum atomic E-state index is 12.8. The topological polar surface area (TPSA) is 138 Å². The van der Waals surface area contributed by atoms with Crippen molar-refractivity contribution >= 4 is 46.8 Å². The van der Waals surface area contributed by atoms with Crippen molar-refractivity contribution in [1.82, 2.24) is 24.7 Å². The molecule has 12 heteroatoms. The normalized spacial score (nSPS) is 10.6. The summed E-state index contributed by atoms with van der Waals surface area (Å²) in [6, 6.07) is 15.5. The summed E-state index contributed by atoms with van der Waals surface area (Å²) in [6.45, 7) is -0.285. The highest BCUT2D eigenvalue weighted by Crippen LogP contribution is 2.19. The molecule has 166 valence electrons. The third-order valence-electron chi connectivity index (χ3n) is 4.29. The predicted molar refractivity (Wildman–Crippen MR) is 123 cm³/mol. The molecule has 0 radical (unpaired) electrons. The first-order valence-electron chi connectivity index (χ1n) is 9.45. The second kappa shape index (κ2) is 9.63. The van der Waals surface area contributed by atoms with Crippen LogP contribution in [-0.4, -0.2) is 30.7 Å². The number of benzene rings is 2. The van der Waals surface area contributed by atoms with Crippen LogP contribution < -0.4 is 16.6 Å². The summed E-state index contributed by atoms with van der Waals surface area (Å²) in [4.78, 5) is 37.5. The van der Waals surface area contributed by atoms with Crippen molar-refractivity contribution in [3.8, 4) is 5.69 Å². The summed E-state index contributed by atoms with van der Waals surface area (Å²) in [5.41, 5.74) is 6.09. The second-order valence-corrected chi connectivity index (χ2v) is 7.33. The SMILES string of the molecule is Nc1nc(COC(=O)c2ccccc2-n2ncc(Cl)c(Cl)c2=O)nc(Nc2ccccc2)n1. The Hall–Kier alpha value is -4.02. The van der Waals surface area contributed by atoms with E-state index in [0.717, 1.165) is 10.4 Å². The van der Waals surface area contributed by atoms with Gasteiger partial charge in [-0.2, -0.15) is 24.7 Å². The Kier molecular flexibility index (Phi) is 6.48. The average Bonchev–Trinajstić information content (AvgIpc) is 2.81. The molecule has 0 spiro atoms. The molecular formula is C21H15Cl2N7O3. The van der Waals surface area contributed by atoms with Gasteiger partial charge in [0, 0.05) is 5.69 Å². The monoisotopic (exact) mass is 483 g/mol. The van der Waals surface area contributed by atoms with Gasteiger partial charge in [0.05, 0.1) is 22.5 Å². The zero-order valence-corrected chi connectivity index (χ0v) is 18.3. The van der Waals surface area contributed by atoms with Crippen LogP contribution in [0.15, 0.2) is 65.6 Å². The maximum absolute atomic E-state index is 12.8. The summed E-state index contributed by atoms with van der Waals surface area (Å²) in [5, 5.41) is 6.75. The summed E-state index contributed by atoms with van der Waals surface area (Å²) in [7, 11) is 0. The minimum Gasteiger partial charge on any atom is -0.454 e. The quantitative estimate of drug-likeness (QED) is 0.394. The van der Waals surface area contributed by atoms with Gasteiger partial charge in [0.25, 0.3) is 5.56 Å². The lowest BCUT2D eigenvalue weighted by Gasteiger charge is -2.11. The van der Waals surface area contributed by atoms with Gasteiger partial charge in [-0.1, -0.05) is 53.5 Å². The Balaban J connectivity index is 1.55. The molecule has 0 saturated carbocycles. The zero-order valence-electron chi connectivity index (χ0n) is 16.8. The van der Waals surface area contributed by atoms with Gasteiger partial charge in [-0.05, 0) is 24.3 Å². The Morgan fingerprint density at radius 3 is 2.55 bits per heavy atom. The molecule has 0 fully saturated rings. The van der Waals surface area contributed by atoms with E-state index in [4.69, 9.17) is 33.7 Å². The van der Waals surface area contributed by atoms with E-state index in [1.54, 1.807) is 12.1 Å². The smallest absolute Gasteiger partial charge is 0.340 e. The van der Waals surface area contributed by atoms with Crippen molar-refractivity contribution in [2.45, 2.75) is 6.61 Å². The van der Waals surface area contributed by atoms with Crippen LogP contribution in [0.3, 0.4) is 0 Å². The highest BCUT2D eigenvalue weighted by Gasteiger charge is 2.18. The lowest BCUT2D eigenvalue weighted by molar-refractivity contribution is 0.0462. The average molecular weight is 484 g/mol. The molecule has 0 bridgehead atoms. The molecule has 3 N–H and O–H groups in total. The van der Waals surface area contributed by atoms with E-state index >= 15 is 0 Å². The van der Waals surface area contributed by atoms with Crippen molar-refractivity contribution in [3.05, 3.63) is 92.6 Å². The molecule has 0 aliphatic heterocycles. The number of nitrogen functional groups attached to an aromatic ring is 1. The number of para-hydroxylation sites is 2. The molecule has 0 aliphatic carbocycles. The zero-order chi connectivity index (χ0) is 23.4. The van der Waals surface area contributed by atoms with Crippen LogP contribution in [-0.2, 0) is 11.3 Å². The van der Waals surface area contributed by atoms with Crippen LogP contribution in [0.2, 0.25) is 10.0 Å². The van der Waals surface area contributed by atoms with Crippen molar-refractivity contribution in [3.63, 3.8) is 0 Å². The van der Waals surface area contributed by atoms with Gasteiger partial charge in [0.15, 0.2) is 12.4 Å². The molecule has 2 aromatic heterocycles. The van der Waals surface area contributed by atoms with Gasteiger partial charge in [0.2, 0.25) is 11.9 Å². The Morgan fingerprint density at radius 1 is 1.03 bits per heavy atom. The Morgan fingerprint density at radius 2 is 1.76 bits per heavy atom. The van der Waals surface area contributed by atoms with Crippen molar-refractivity contribution in [2.24, 2.45) is 0 Å². The number of hydrogen-bond donors (Lipinski definition) is 2. The lowest BCUT2D eigenvalue weighted by atomic mass is 10.2. The summed E-state index contributed by atoms with van der Waals surface area (Å²) in [5.74, 6) is -0.438. The number of nitrogens with one attached hydrogen (secondary N) is 1. The number of nitrogens with zero attached hydrogens (tertiary/aromatic N) is 5. The molecule has 4 aromatic rings. The van der Waals surface area contributed by atoms with Gasteiger partial charge >= 0.3 is 5.97 Å². The molecule has 0 amide bonds. The number of rotatable bonds is 6. The third-order valence-corrected chi connectivity index (χ3v) is 5.04. The van der Waals surface area contributed by atoms with Gasteiger partial charge in [-0.3, -0.25) is 4.79 Å². The molecular weight excluding hydrogens is 469 g/mol. The Bertz CT molecular complexity index is 1380. The maximum Gasteiger partial charge on any atom is 0.340 e. The first kappa shape index (κ1) is 22.2. The van der Waals surface area contributed by atoms with Gasteiger partial charge in [-0.25, -0.2) is 4.79 Å². The second-order valence-electron chi connectivity index (χ2n) is 6.54. The highest BCUT2D eigenvalue weighted by atomic mass is 35.5. The van der Waals surface area contributed by atoms with Crippen LogP contribution >= 0.6 is 23.2 Å². The van der Waals surface area contributed by atoms with Crippen LogP contribution in [0, 0.1) is 0 Å². The van der Waals surface area contributed by atoms with E-state index in [-0.39, 0.29) is 45.6 Å². The number of hydrogen-bond acceptors (Lipinski definition) is 9. The van der Waals surface area contributed by atoms with Crippen molar-refractivity contribution in [1.29, 1.82) is 0 Å². The molecule has 33 heavy (non-hydrogen) atoms. The minimum atomic E-state index is -0.734. The van der Waals surface area contributed by atoms with E-state index < -0.39 is 11.5 Å². The first-order chi connectivity index (χ1) is 15.9. The van der Waals surface area contributed by atoms with E-state index in [0.29, 0.717) is 0 Å². The number of ether oxygens (including phenoxy) is 1. The van der Waals surface area contributed by atoms with E-state index in [1.807, 2.05) is 30.3 Å². The molecule has 0 unspecified atom stereocenters. The number of aromatic nitrogens is 5. The first-order valence-corrected chi connectivity index (χ1v) is 10.2. The van der Waals surface area contributed by atoms with Crippen LogP contribution in [0.1, 0.15) is 16.2 Å². The molecule has 0 atom stereocenters. The number of anilines is 3. The number of carbonyl (C=O) groups is 1. The third kappa shape index (κ3) is 5.08. The van der Waals surface area contributed by atoms with Crippen molar-refractivity contribution in [2.75, 3.05) is 11.1 Å². The van der Waals surface area contributed by atoms with Gasteiger partial charge in [-0.15, -0.1) is 0 Å². The fraction of sp³-hybridized carbons (Fsp3) is 0.0476. The van der Waals surface area contributed by atoms with E-state index in [1.165, 1.54) is 18.3 Å². The van der Waals surface area contributed by atoms with Crippen molar-refractivity contribution < 1.29 is 9.53 Å². The predicted octanol–water partition coefficient (Wildman–Crippen LogP) is 3.41. The van der Waals surface area contributed by atoms with Gasteiger partial charge < -0.3 is 15.8 Å². The molecule has 0 saturated heterocycles. The number of nitrogens with two attached hydrogens (primary N) is 1. The number of carbonyl (C=O) groups excluding carboxylic acids is 1. The Labute approximate surface area is 197 Å². The molecule has 2 heterocycles. The molecule has 4 rings (SSSR count). The fourth-order valence-electron chi connectivity index (χ4n) is 2.83. The molecule has 2 aromatic carbocycles. The summed E-state index contributed by atoms with van der Waals surface area (Å²) >= 11 is 11.8. The van der Waals surface area contributed by atoms with Crippen LogP contribution in [0.4, 0.5) is 17.6 Å². The molecule has 0 aliphatic rings. The largest absolute Gasteiger partial charge is 0.454 e. The van der Waals surface area contributed by atoms with Gasteiger partial charge in [0.1, 0.15) is 5.02 Å².